The smallest absolute Gasteiger partial charge is 0.243 e. The van der Waals surface area contributed by atoms with Crippen molar-refractivity contribution in [2.24, 2.45) is 0 Å². The average Bonchev–Trinajstić information content (AvgIpc) is 2.51. The molecule has 1 aliphatic rings. The van der Waals surface area contributed by atoms with Gasteiger partial charge in [-0.1, -0.05) is 24.3 Å². The van der Waals surface area contributed by atoms with E-state index >= 15 is 0 Å². The number of carbonyl (C=O) groups excluding carboxylic acids is 1. The first-order chi connectivity index (χ1) is 10.6. The molecule has 3 heteroatoms. The highest BCUT2D eigenvalue weighted by atomic mass is 16.2. The number of aryl methyl sites for hydroxylation is 3. The number of anilines is 2. The normalized spacial score (nSPS) is 13.6. The lowest BCUT2D eigenvalue weighted by atomic mass is 10.0. The van der Waals surface area contributed by atoms with Crippen LogP contribution in [0.15, 0.2) is 42.5 Å². The van der Waals surface area contributed by atoms with Gasteiger partial charge in [0.2, 0.25) is 5.91 Å². The van der Waals surface area contributed by atoms with Crippen molar-refractivity contribution in [2.45, 2.75) is 26.7 Å². The Bertz CT molecular complexity index is 694. The van der Waals surface area contributed by atoms with E-state index < -0.39 is 0 Å². The van der Waals surface area contributed by atoms with Gasteiger partial charge in [0.25, 0.3) is 0 Å². The molecule has 0 unspecified atom stereocenters. The Hall–Kier alpha value is -2.29. The molecule has 0 saturated heterocycles. The summed E-state index contributed by atoms with van der Waals surface area (Å²) >= 11 is 0. The summed E-state index contributed by atoms with van der Waals surface area (Å²) in [7, 11) is 0. The van der Waals surface area contributed by atoms with Gasteiger partial charge in [0.1, 0.15) is 0 Å². The van der Waals surface area contributed by atoms with E-state index in [0.717, 1.165) is 25.1 Å². The van der Waals surface area contributed by atoms with E-state index in [1.165, 1.54) is 22.4 Å². The Morgan fingerprint density at radius 2 is 1.95 bits per heavy atom. The van der Waals surface area contributed by atoms with Gasteiger partial charge in [0, 0.05) is 17.9 Å². The molecule has 22 heavy (non-hydrogen) atoms. The molecule has 0 spiro atoms. The molecule has 0 aliphatic carbocycles. The van der Waals surface area contributed by atoms with Crippen molar-refractivity contribution in [2.75, 3.05) is 23.3 Å². The van der Waals surface area contributed by atoms with Crippen LogP contribution in [0.4, 0.5) is 11.4 Å². The van der Waals surface area contributed by atoms with E-state index in [4.69, 9.17) is 0 Å². The Morgan fingerprint density at radius 1 is 1.14 bits per heavy atom. The maximum Gasteiger partial charge on any atom is 0.243 e. The van der Waals surface area contributed by atoms with Gasteiger partial charge in [-0.05, 0) is 61.6 Å². The van der Waals surface area contributed by atoms with Gasteiger partial charge in [-0.3, -0.25) is 4.79 Å². The lowest BCUT2D eigenvalue weighted by molar-refractivity contribution is -0.115. The standard InChI is InChI=1S/C19H22N2O/c1-14-9-10-17(12-15(14)2)20-19(22)13-21-11-5-7-16-6-3-4-8-18(16)21/h3-4,6,8-10,12H,5,7,11,13H2,1-2H3,(H,20,22). The van der Waals surface area contributed by atoms with Crippen LogP contribution in [-0.4, -0.2) is 19.0 Å². The number of rotatable bonds is 3. The van der Waals surface area contributed by atoms with Crippen molar-refractivity contribution in [3.63, 3.8) is 0 Å². The van der Waals surface area contributed by atoms with Crippen molar-refractivity contribution in [1.82, 2.24) is 0 Å². The fraction of sp³-hybridized carbons (Fsp3) is 0.316. The summed E-state index contributed by atoms with van der Waals surface area (Å²) in [4.78, 5) is 14.5. The maximum atomic E-state index is 12.3. The molecule has 1 aliphatic heterocycles. The van der Waals surface area contributed by atoms with Gasteiger partial charge in [-0.2, -0.15) is 0 Å². The number of para-hydroxylation sites is 1. The minimum absolute atomic E-state index is 0.0416. The van der Waals surface area contributed by atoms with E-state index in [0.29, 0.717) is 6.54 Å². The van der Waals surface area contributed by atoms with E-state index in [1.54, 1.807) is 0 Å². The second-order valence-electron chi connectivity index (χ2n) is 6.00. The summed E-state index contributed by atoms with van der Waals surface area (Å²) < 4.78 is 0. The molecule has 0 saturated carbocycles. The number of carbonyl (C=O) groups is 1. The Labute approximate surface area is 132 Å². The van der Waals surface area contributed by atoms with Crippen LogP contribution in [-0.2, 0) is 11.2 Å². The zero-order valence-corrected chi connectivity index (χ0v) is 13.2. The molecule has 114 valence electrons. The van der Waals surface area contributed by atoms with Crippen LogP contribution in [0.2, 0.25) is 0 Å². The van der Waals surface area contributed by atoms with Crippen molar-refractivity contribution in [1.29, 1.82) is 0 Å². The molecule has 1 heterocycles. The fourth-order valence-corrected chi connectivity index (χ4v) is 2.97. The number of nitrogens with zero attached hydrogens (tertiary/aromatic N) is 1. The van der Waals surface area contributed by atoms with Crippen LogP contribution < -0.4 is 10.2 Å². The topological polar surface area (TPSA) is 32.3 Å². The summed E-state index contributed by atoms with van der Waals surface area (Å²) in [5.74, 6) is 0.0416. The summed E-state index contributed by atoms with van der Waals surface area (Å²) in [5, 5.41) is 3.01. The SMILES string of the molecule is Cc1ccc(NC(=O)CN2CCCc3ccccc32)cc1C. The molecule has 1 N–H and O–H groups in total. The summed E-state index contributed by atoms with van der Waals surface area (Å²) in [6, 6.07) is 14.4. The van der Waals surface area contributed by atoms with Crippen LogP contribution >= 0.6 is 0 Å². The number of hydrogen-bond acceptors (Lipinski definition) is 2. The third-order valence-corrected chi connectivity index (χ3v) is 4.33. The van der Waals surface area contributed by atoms with Gasteiger partial charge < -0.3 is 10.2 Å². The molecule has 1 amide bonds. The Morgan fingerprint density at radius 3 is 2.77 bits per heavy atom. The van der Waals surface area contributed by atoms with Crippen LogP contribution in [0.25, 0.3) is 0 Å². The van der Waals surface area contributed by atoms with E-state index in [1.807, 2.05) is 24.3 Å². The van der Waals surface area contributed by atoms with Gasteiger partial charge in [0.15, 0.2) is 0 Å². The third kappa shape index (κ3) is 3.14. The molecule has 3 nitrogen and oxygen atoms in total. The van der Waals surface area contributed by atoms with Gasteiger partial charge in [-0.15, -0.1) is 0 Å². The Balaban J connectivity index is 1.69. The molecule has 2 aromatic carbocycles. The van der Waals surface area contributed by atoms with Gasteiger partial charge in [0.05, 0.1) is 6.54 Å². The van der Waals surface area contributed by atoms with Gasteiger partial charge >= 0.3 is 0 Å². The molecule has 2 aromatic rings. The predicted octanol–water partition coefficient (Wildman–Crippen LogP) is 3.69. The summed E-state index contributed by atoms with van der Waals surface area (Å²) in [6.45, 7) is 5.48. The van der Waals surface area contributed by atoms with E-state index in [9.17, 15) is 4.79 Å². The van der Waals surface area contributed by atoms with Crippen molar-refractivity contribution < 1.29 is 4.79 Å². The second-order valence-corrected chi connectivity index (χ2v) is 6.00. The molecular weight excluding hydrogens is 272 g/mol. The lowest BCUT2D eigenvalue weighted by Gasteiger charge is -2.30. The molecule has 0 aromatic heterocycles. The van der Waals surface area contributed by atoms with Gasteiger partial charge in [-0.25, -0.2) is 0 Å². The molecular formula is C19H22N2O. The second kappa shape index (κ2) is 6.22. The number of amides is 1. The number of fused-ring (bicyclic) bond motifs is 1. The molecule has 3 rings (SSSR count). The average molecular weight is 294 g/mol. The van der Waals surface area contributed by atoms with Crippen molar-refractivity contribution in [3.8, 4) is 0 Å². The predicted molar refractivity (Wildman–Crippen MR) is 91.5 cm³/mol. The van der Waals surface area contributed by atoms with Crippen LogP contribution in [0.5, 0.6) is 0 Å². The summed E-state index contributed by atoms with van der Waals surface area (Å²) in [5.41, 5.74) is 5.85. The van der Waals surface area contributed by atoms with Crippen LogP contribution in [0, 0.1) is 13.8 Å². The summed E-state index contributed by atoms with van der Waals surface area (Å²) in [6.07, 6.45) is 2.21. The third-order valence-electron chi connectivity index (χ3n) is 4.33. The molecule has 0 fully saturated rings. The maximum absolute atomic E-state index is 12.3. The van der Waals surface area contributed by atoms with Crippen molar-refractivity contribution >= 4 is 17.3 Å². The highest BCUT2D eigenvalue weighted by molar-refractivity contribution is 5.94. The monoisotopic (exact) mass is 294 g/mol. The number of hydrogen-bond donors (Lipinski definition) is 1. The van der Waals surface area contributed by atoms with E-state index in [2.05, 4.69) is 42.3 Å². The number of benzene rings is 2. The largest absolute Gasteiger partial charge is 0.362 e. The first kappa shape index (κ1) is 14.6. The zero-order chi connectivity index (χ0) is 15.5. The fourth-order valence-electron chi connectivity index (χ4n) is 2.97. The van der Waals surface area contributed by atoms with Crippen molar-refractivity contribution in [3.05, 3.63) is 59.2 Å². The van der Waals surface area contributed by atoms with Crippen LogP contribution in [0.1, 0.15) is 23.1 Å². The minimum Gasteiger partial charge on any atom is -0.362 e. The highest BCUT2D eigenvalue weighted by Gasteiger charge is 2.18. The Kier molecular flexibility index (Phi) is 4.14. The van der Waals surface area contributed by atoms with E-state index in [-0.39, 0.29) is 5.91 Å². The first-order valence-corrected chi connectivity index (χ1v) is 7.83. The highest BCUT2D eigenvalue weighted by Crippen LogP contribution is 2.26. The molecule has 0 bridgehead atoms. The minimum atomic E-state index is 0.0416. The number of nitrogens with one attached hydrogen (secondary N) is 1. The molecule has 0 atom stereocenters. The zero-order valence-electron chi connectivity index (χ0n) is 13.2. The van der Waals surface area contributed by atoms with Crippen LogP contribution in [0.3, 0.4) is 0 Å². The lowest BCUT2D eigenvalue weighted by Crippen LogP contribution is -2.36. The molecule has 0 radical (unpaired) electrons. The quantitative estimate of drug-likeness (QED) is 0.936. The first-order valence-electron chi connectivity index (χ1n) is 7.83.